The van der Waals surface area contributed by atoms with E-state index in [-0.39, 0.29) is 0 Å². The van der Waals surface area contributed by atoms with E-state index < -0.39 is 29.0 Å². The summed E-state index contributed by atoms with van der Waals surface area (Å²) in [6.07, 6.45) is 1.30. The van der Waals surface area contributed by atoms with Crippen LogP contribution in [0.15, 0.2) is 18.2 Å². The van der Waals surface area contributed by atoms with E-state index in [4.69, 9.17) is 5.11 Å². The molecule has 0 aliphatic heterocycles. The fourth-order valence-corrected chi connectivity index (χ4v) is 0.867. The lowest BCUT2D eigenvalue weighted by Crippen LogP contribution is -1.93. The number of carboxylic acids is 1. The zero-order valence-electron chi connectivity index (χ0n) is 6.80. The maximum atomic E-state index is 12.8. The number of hydrogen-bond donors (Lipinski definition) is 1. The summed E-state index contributed by atoms with van der Waals surface area (Å²) < 4.78 is 38.1. The summed E-state index contributed by atoms with van der Waals surface area (Å²) in [6, 6.07) is 0.954. The lowest BCUT2D eigenvalue weighted by molar-refractivity contribution is -0.131. The normalized spacial score (nSPS) is 10.8. The van der Waals surface area contributed by atoms with Gasteiger partial charge in [0, 0.05) is 23.8 Å². The Hall–Kier alpha value is -1.78. The Labute approximate surface area is 77.3 Å². The van der Waals surface area contributed by atoms with Crippen LogP contribution in [0.3, 0.4) is 0 Å². The fraction of sp³-hybridized carbons (Fsp3) is 0. The molecule has 0 amide bonds. The highest BCUT2D eigenvalue weighted by molar-refractivity contribution is 5.85. The van der Waals surface area contributed by atoms with Gasteiger partial charge in [-0.25, -0.2) is 18.0 Å². The molecule has 1 aromatic carbocycles. The van der Waals surface area contributed by atoms with Crippen molar-refractivity contribution in [2.75, 3.05) is 0 Å². The Morgan fingerprint density at radius 2 is 1.71 bits per heavy atom. The number of carboxylic acid groups (broad SMARTS) is 1. The van der Waals surface area contributed by atoms with Crippen molar-refractivity contribution in [3.05, 3.63) is 41.2 Å². The van der Waals surface area contributed by atoms with Crippen LogP contribution in [0.4, 0.5) is 13.2 Å². The van der Waals surface area contributed by atoms with Gasteiger partial charge in [0.05, 0.1) is 0 Å². The lowest BCUT2D eigenvalue weighted by Gasteiger charge is -1.98. The monoisotopic (exact) mass is 202 g/mol. The van der Waals surface area contributed by atoms with Crippen LogP contribution < -0.4 is 0 Å². The Bertz CT molecular complexity index is 376. The first kappa shape index (κ1) is 10.3. The van der Waals surface area contributed by atoms with Crippen LogP contribution in [0.1, 0.15) is 5.56 Å². The summed E-state index contributed by atoms with van der Waals surface area (Å²) in [5, 5.41) is 8.21. The minimum absolute atomic E-state index is 0.477. The predicted octanol–water partition coefficient (Wildman–Crippen LogP) is 2.20. The third-order valence-corrected chi connectivity index (χ3v) is 1.44. The number of benzene rings is 1. The van der Waals surface area contributed by atoms with E-state index in [1.54, 1.807) is 0 Å². The van der Waals surface area contributed by atoms with Crippen LogP contribution in [0.25, 0.3) is 6.08 Å². The van der Waals surface area contributed by atoms with Gasteiger partial charge < -0.3 is 5.11 Å². The van der Waals surface area contributed by atoms with Crippen molar-refractivity contribution >= 4 is 12.0 Å². The molecule has 1 N–H and O–H groups in total. The molecule has 0 aromatic heterocycles. The van der Waals surface area contributed by atoms with Crippen molar-refractivity contribution in [3.63, 3.8) is 0 Å². The maximum absolute atomic E-state index is 12.8. The van der Waals surface area contributed by atoms with Gasteiger partial charge >= 0.3 is 5.97 Å². The SMILES string of the molecule is O=C(O)/C=C/c1c(F)cc(F)cc1F. The molecule has 14 heavy (non-hydrogen) atoms. The van der Waals surface area contributed by atoms with E-state index in [1.807, 2.05) is 0 Å². The predicted molar refractivity (Wildman–Crippen MR) is 43.0 cm³/mol. The number of hydrogen-bond acceptors (Lipinski definition) is 1. The number of aliphatic carboxylic acids is 1. The van der Waals surface area contributed by atoms with E-state index in [0.29, 0.717) is 18.2 Å². The van der Waals surface area contributed by atoms with Gasteiger partial charge in [-0.2, -0.15) is 0 Å². The maximum Gasteiger partial charge on any atom is 0.328 e. The zero-order chi connectivity index (χ0) is 10.7. The molecule has 0 radical (unpaired) electrons. The number of halogens is 3. The molecule has 74 valence electrons. The standard InChI is InChI=1S/C9H5F3O2/c10-5-3-7(11)6(8(12)4-5)1-2-9(13)14/h1-4H,(H,13,14)/b2-1+. The van der Waals surface area contributed by atoms with Crippen LogP contribution in [0, 0.1) is 17.5 Å². The number of carbonyl (C=O) groups is 1. The quantitative estimate of drug-likeness (QED) is 0.746. The highest BCUT2D eigenvalue weighted by atomic mass is 19.1. The molecule has 0 spiro atoms. The molecule has 0 atom stereocenters. The van der Waals surface area contributed by atoms with Crippen molar-refractivity contribution in [1.82, 2.24) is 0 Å². The molecule has 2 nitrogen and oxygen atoms in total. The summed E-state index contributed by atoms with van der Waals surface area (Å²) in [6.45, 7) is 0. The molecule has 0 aliphatic carbocycles. The van der Waals surface area contributed by atoms with E-state index in [2.05, 4.69) is 0 Å². The average molecular weight is 202 g/mol. The highest BCUT2D eigenvalue weighted by Crippen LogP contribution is 2.15. The molecule has 1 rings (SSSR count). The van der Waals surface area contributed by atoms with E-state index in [9.17, 15) is 18.0 Å². The summed E-state index contributed by atoms with van der Waals surface area (Å²) in [5.41, 5.74) is -0.575. The van der Waals surface area contributed by atoms with Crippen LogP contribution in [0.2, 0.25) is 0 Å². The van der Waals surface area contributed by atoms with Crippen molar-refractivity contribution in [2.24, 2.45) is 0 Å². The first-order valence-corrected chi connectivity index (χ1v) is 3.56. The van der Waals surface area contributed by atoms with Crippen LogP contribution in [-0.2, 0) is 4.79 Å². The number of rotatable bonds is 2. The van der Waals surface area contributed by atoms with Crippen molar-refractivity contribution in [1.29, 1.82) is 0 Å². The van der Waals surface area contributed by atoms with Gasteiger partial charge in [-0.05, 0) is 6.08 Å². The molecule has 0 saturated carbocycles. The van der Waals surface area contributed by atoms with Gasteiger partial charge in [0.2, 0.25) is 0 Å². The van der Waals surface area contributed by atoms with Crippen LogP contribution >= 0.6 is 0 Å². The molecule has 0 saturated heterocycles. The van der Waals surface area contributed by atoms with E-state index in [1.165, 1.54) is 0 Å². The summed E-state index contributed by atoms with van der Waals surface area (Å²) >= 11 is 0. The minimum Gasteiger partial charge on any atom is -0.478 e. The topological polar surface area (TPSA) is 37.3 Å². The van der Waals surface area contributed by atoms with Gasteiger partial charge in [0.15, 0.2) is 0 Å². The zero-order valence-corrected chi connectivity index (χ0v) is 6.80. The molecule has 0 heterocycles. The van der Waals surface area contributed by atoms with Crippen molar-refractivity contribution in [3.8, 4) is 0 Å². The Morgan fingerprint density at radius 1 is 1.21 bits per heavy atom. The van der Waals surface area contributed by atoms with Gasteiger partial charge in [-0.1, -0.05) is 0 Å². The molecule has 0 bridgehead atoms. The summed E-state index contributed by atoms with van der Waals surface area (Å²) in [4.78, 5) is 10.1. The molecular formula is C9H5F3O2. The van der Waals surface area contributed by atoms with Gasteiger partial charge in [0.1, 0.15) is 17.5 Å². The van der Waals surface area contributed by atoms with E-state index in [0.717, 1.165) is 6.08 Å². The van der Waals surface area contributed by atoms with E-state index >= 15 is 0 Å². The second kappa shape index (κ2) is 3.95. The van der Waals surface area contributed by atoms with Gasteiger partial charge in [-0.15, -0.1) is 0 Å². The third kappa shape index (κ3) is 2.35. The third-order valence-electron chi connectivity index (χ3n) is 1.44. The minimum atomic E-state index is -1.34. The Balaban J connectivity index is 3.15. The van der Waals surface area contributed by atoms with Crippen molar-refractivity contribution < 1.29 is 23.1 Å². The molecule has 1 aromatic rings. The smallest absolute Gasteiger partial charge is 0.328 e. The Morgan fingerprint density at radius 3 is 2.14 bits per heavy atom. The van der Waals surface area contributed by atoms with Crippen LogP contribution in [-0.4, -0.2) is 11.1 Å². The van der Waals surface area contributed by atoms with Gasteiger partial charge in [-0.3, -0.25) is 0 Å². The van der Waals surface area contributed by atoms with Crippen LogP contribution in [0.5, 0.6) is 0 Å². The molecule has 0 fully saturated rings. The fourth-order valence-electron chi connectivity index (χ4n) is 0.867. The summed E-state index contributed by atoms with van der Waals surface area (Å²) in [7, 11) is 0. The first-order chi connectivity index (χ1) is 6.50. The highest BCUT2D eigenvalue weighted by Gasteiger charge is 2.08. The average Bonchev–Trinajstić information content (AvgIpc) is 2.01. The largest absolute Gasteiger partial charge is 0.478 e. The van der Waals surface area contributed by atoms with Crippen molar-refractivity contribution in [2.45, 2.75) is 0 Å². The molecule has 0 aliphatic rings. The lowest BCUT2D eigenvalue weighted by atomic mass is 10.2. The molecular weight excluding hydrogens is 197 g/mol. The molecule has 0 unspecified atom stereocenters. The van der Waals surface area contributed by atoms with Gasteiger partial charge in [0.25, 0.3) is 0 Å². The molecule has 5 heteroatoms. The first-order valence-electron chi connectivity index (χ1n) is 3.56. The second-order valence-corrected chi connectivity index (χ2v) is 2.45. The second-order valence-electron chi connectivity index (χ2n) is 2.45. The Kier molecular flexibility index (Phi) is 2.91. The summed E-state index contributed by atoms with van der Waals surface area (Å²) in [5.74, 6) is -4.67.